The summed E-state index contributed by atoms with van der Waals surface area (Å²) in [7, 11) is 0. The molecule has 0 bridgehead atoms. The molecule has 2 N–H and O–H groups in total. The van der Waals surface area contributed by atoms with Crippen LogP contribution in [0.5, 0.6) is 0 Å². The van der Waals surface area contributed by atoms with E-state index in [1.807, 2.05) is 34.1 Å². The van der Waals surface area contributed by atoms with Gasteiger partial charge < -0.3 is 20.0 Å². The van der Waals surface area contributed by atoms with Gasteiger partial charge in [0.25, 0.3) is 0 Å². The third kappa shape index (κ3) is 5.55. The second-order valence-corrected chi connectivity index (χ2v) is 6.34. The zero-order chi connectivity index (χ0) is 20.4. The Morgan fingerprint density at radius 2 is 1.11 bits per heavy atom. The maximum absolute atomic E-state index is 12.8. The number of carbonyl (C=O) groups is 1. The van der Waals surface area contributed by atoms with Crippen LogP contribution in [-0.4, -0.2) is 55.4 Å². The van der Waals surface area contributed by atoms with Gasteiger partial charge in [-0.15, -0.1) is 13.2 Å². The van der Waals surface area contributed by atoms with E-state index in [4.69, 9.17) is 0 Å². The fourth-order valence-corrected chi connectivity index (χ4v) is 3.02. The molecule has 148 valence electrons. The Morgan fingerprint density at radius 1 is 0.750 bits per heavy atom. The fourth-order valence-electron chi connectivity index (χ4n) is 3.02. The van der Waals surface area contributed by atoms with Gasteiger partial charge in [0.2, 0.25) is 0 Å². The summed E-state index contributed by atoms with van der Waals surface area (Å²) in [4.78, 5) is 16.8. The molecule has 0 aliphatic rings. The molecule has 0 fully saturated rings. The number of rotatable bonds is 12. The smallest absolute Gasteiger partial charge is 0.193 e. The zero-order valence-electron chi connectivity index (χ0n) is 16.1. The number of hydrogen-bond acceptors (Lipinski definition) is 5. The van der Waals surface area contributed by atoms with E-state index in [9.17, 15) is 15.0 Å². The number of benzene rings is 2. The predicted octanol–water partition coefficient (Wildman–Crippen LogP) is 2.89. The minimum atomic E-state index is -0.0482. The first kappa shape index (κ1) is 21.4. The van der Waals surface area contributed by atoms with Crippen molar-refractivity contribution in [2.45, 2.75) is 0 Å². The van der Waals surface area contributed by atoms with Gasteiger partial charge >= 0.3 is 0 Å². The lowest BCUT2D eigenvalue weighted by Gasteiger charge is -2.22. The topological polar surface area (TPSA) is 64.0 Å². The van der Waals surface area contributed by atoms with Crippen LogP contribution in [-0.2, 0) is 0 Å². The molecule has 5 nitrogen and oxygen atoms in total. The Hall–Kier alpha value is -2.89. The normalized spacial score (nSPS) is 10.4. The van der Waals surface area contributed by atoms with Gasteiger partial charge in [-0.05, 0) is 48.5 Å². The van der Waals surface area contributed by atoms with Gasteiger partial charge in [0.15, 0.2) is 5.78 Å². The van der Waals surface area contributed by atoms with Crippen molar-refractivity contribution in [1.82, 2.24) is 0 Å². The van der Waals surface area contributed by atoms with Gasteiger partial charge in [-0.3, -0.25) is 4.79 Å². The van der Waals surface area contributed by atoms with Crippen molar-refractivity contribution in [1.29, 1.82) is 0 Å². The molecule has 0 saturated heterocycles. The molecule has 0 aromatic heterocycles. The monoisotopic (exact) mass is 380 g/mol. The Morgan fingerprint density at radius 3 is 1.39 bits per heavy atom. The van der Waals surface area contributed by atoms with Crippen LogP contribution in [0.1, 0.15) is 15.9 Å². The highest BCUT2D eigenvalue weighted by Gasteiger charge is 2.12. The lowest BCUT2D eigenvalue weighted by Crippen LogP contribution is -2.26. The largest absolute Gasteiger partial charge is 0.395 e. The Bertz CT molecular complexity index is 704. The van der Waals surface area contributed by atoms with Crippen LogP contribution in [0.25, 0.3) is 0 Å². The maximum Gasteiger partial charge on any atom is 0.193 e. The average molecular weight is 380 g/mol. The molecule has 28 heavy (non-hydrogen) atoms. The number of ketones is 1. The number of carbonyl (C=O) groups excluding carboxylic acids is 1. The van der Waals surface area contributed by atoms with E-state index >= 15 is 0 Å². The van der Waals surface area contributed by atoms with E-state index in [1.165, 1.54) is 0 Å². The molecule has 0 spiro atoms. The molecule has 0 radical (unpaired) electrons. The molecule has 0 aliphatic heterocycles. The van der Waals surface area contributed by atoms with Crippen molar-refractivity contribution in [3.63, 3.8) is 0 Å². The summed E-state index contributed by atoms with van der Waals surface area (Å²) >= 11 is 0. The highest BCUT2D eigenvalue weighted by atomic mass is 16.3. The van der Waals surface area contributed by atoms with E-state index in [2.05, 4.69) is 13.2 Å². The van der Waals surface area contributed by atoms with Crippen molar-refractivity contribution >= 4 is 17.2 Å². The molecule has 2 aromatic carbocycles. The summed E-state index contributed by atoms with van der Waals surface area (Å²) in [6.07, 6.45) is 3.56. The third-order valence-corrected chi connectivity index (χ3v) is 4.43. The van der Waals surface area contributed by atoms with Gasteiger partial charge in [-0.25, -0.2) is 0 Å². The van der Waals surface area contributed by atoms with Gasteiger partial charge in [-0.2, -0.15) is 0 Å². The highest BCUT2D eigenvalue weighted by molar-refractivity contribution is 6.09. The van der Waals surface area contributed by atoms with E-state index in [0.29, 0.717) is 37.3 Å². The second-order valence-electron chi connectivity index (χ2n) is 6.34. The van der Waals surface area contributed by atoms with E-state index in [1.54, 1.807) is 36.4 Å². The van der Waals surface area contributed by atoms with Crippen molar-refractivity contribution in [3.8, 4) is 0 Å². The fraction of sp³-hybridized carbons (Fsp3) is 0.261. The molecular formula is C23H28N2O3. The van der Waals surface area contributed by atoms with Crippen molar-refractivity contribution in [2.24, 2.45) is 0 Å². The Balaban J connectivity index is 2.14. The summed E-state index contributed by atoms with van der Waals surface area (Å²) in [5, 5.41) is 18.4. The quantitative estimate of drug-likeness (QED) is 0.438. The Labute approximate surface area is 166 Å². The molecule has 0 atom stereocenters. The van der Waals surface area contributed by atoms with Gasteiger partial charge in [-0.1, -0.05) is 12.2 Å². The molecule has 2 aromatic rings. The highest BCUT2D eigenvalue weighted by Crippen LogP contribution is 2.20. The maximum atomic E-state index is 12.8. The molecule has 0 unspecified atom stereocenters. The van der Waals surface area contributed by atoms with Crippen LogP contribution in [0.2, 0.25) is 0 Å². The number of aliphatic hydroxyl groups excluding tert-OH is 2. The van der Waals surface area contributed by atoms with Crippen LogP contribution in [0, 0.1) is 0 Å². The van der Waals surface area contributed by atoms with Gasteiger partial charge in [0.1, 0.15) is 0 Å². The average Bonchev–Trinajstić information content (AvgIpc) is 2.73. The first-order valence-electron chi connectivity index (χ1n) is 9.32. The minimum absolute atomic E-state index is 0.0482. The van der Waals surface area contributed by atoms with Crippen LogP contribution in [0.3, 0.4) is 0 Å². The number of hydrogen-bond donors (Lipinski definition) is 2. The summed E-state index contributed by atoms with van der Waals surface area (Å²) in [5.41, 5.74) is 3.09. The van der Waals surface area contributed by atoms with E-state index in [0.717, 1.165) is 11.4 Å². The van der Waals surface area contributed by atoms with Crippen LogP contribution in [0.4, 0.5) is 11.4 Å². The summed E-state index contributed by atoms with van der Waals surface area (Å²) in [5.74, 6) is -0.0482. The lowest BCUT2D eigenvalue weighted by atomic mass is 10.0. The summed E-state index contributed by atoms with van der Waals surface area (Å²) in [6, 6.07) is 14.7. The Kier molecular flexibility index (Phi) is 8.46. The molecule has 2 rings (SSSR count). The van der Waals surface area contributed by atoms with Crippen LogP contribution < -0.4 is 9.80 Å². The molecule has 0 amide bonds. The van der Waals surface area contributed by atoms with Crippen LogP contribution in [0.15, 0.2) is 73.8 Å². The molecule has 0 aliphatic carbocycles. The predicted molar refractivity (Wildman–Crippen MR) is 115 cm³/mol. The van der Waals surface area contributed by atoms with E-state index in [-0.39, 0.29) is 19.0 Å². The van der Waals surface area contributed by atoms with Gasteiger partial charge in [0, 0.05) is 48.7 Å². The van der Waals surface area contributed by atoms with Gasteiger partial charge in [0.05, 0.1) is 13.2 Å². The molecular weight excluding hydrogens is 352 g/mol. The first-order valence-corrected chi connectivity index (χ1v) is 9.32. The zero-order valence-corrected chi connectivity index (χ0v) is 16.1. The molecule has 0 saturated carbocycles. The second kappa shape index (κ2) is 11.1. The van der Waals surface area contributed by atoms with E-state index < -0.39 is 0 Å². The van der Waals surface area contributed by atoms with Crippen molar-refractivity contribution < 1.29 is 15.0 Å². The molecule has 5 heteroatoms. The number of nitrogens with zero attached hydrogens (tertiary/aromatic N) is 2. The first-order chi connectivity index (χ1) is 13.6. The summed E-state index contributed by atoms with van der Waals surface area (Å²) < 4.78 is 0. The number of anilines is 2. The SMILES string of the molecule is C=CCN(CCO)c1ccc(C(=O)c2ccc(N(CC=C)CCO)cc2)cc1. The van der Waals surface area contributed by atoms with Crippen molar-refractivity contribution in [3.05, 3.63) is 85.0 Å². The van der Waals surface area contributed by atoms with Crippen molar-refractivity contribution in [2.75, 3.05) is 49.2 Å². The molecule has 0 heterocycles. The standard InChI is InChI=1S/C23H28N2O3/c1-3-13-24(15-17-26)21-9-5-19(6-10-21)23(28)20-7-11-22(12-8-20)25(14-4-2)16-18-27/h3-12,26-27H,1-2,13-18H2. The third-order valence-electron chi connectivity index (χ3n) is 4.43. The lowest BCUT2D eigenvalue weighted by molar-refractivity contribution is 0.103. The summed E-state index contributed by atoms with van der Waals surface area (Å²) in [6.45, 7) is 9.86. The minimum Gasteiger partial charge on any atom is -0.395 e. The van der Waals surface area contributed by atoms with Crippen LogP contribution >= 0.6 is 0 Å². The number of aliphatic hydroxyl groups is 2.